The van der Waals surface area contributed by atoms with E-state index < -0.39 is 6.16 Å². The van der Waals surface area contributed by atoms with Gasteiger partial charge < -0.3 is 4.74 Å². The van der Waals surface area contributed by atoms with Crippen molar-refractivity contribution in [2.24, 2.45) is 45.6 Å². The number of ether oxygens (including phenoxy) is 1. The molecule has 5 aliphatic carbocycles. The van der Waals surface area contributed by atoms with Gasteiger partial charge in [-0.15, -0.1) is 0 Å². The van der Waals surface area contributed by atoms with E-state index in [4.69, 9.17) is 9.57 Å². The predicted molar refractivity (Wildman–Crippen MR) is 162 cm³/mol. The van der Waals surface area contributed by atoms with E-state index in [-0.39, 0.29) is 5.41 Å². The molecular formula is C36H49NO3. The maximum absolute atomic E-state index is 12.2. The van der Waals surface area contributed by atoms with E-state index in [9.17, 15) is 4.79 Å². The molecule has 6 rings (SSSR count). The summed E-state index contributed by atoms with van der Waals surface area (Å²) in [7, 11) is 0. The average Bonchev–Trinajstić information content (AvgIpc) is 3.33. The lowest BCUT2D eigenvalue weighted by Crippen LogP contribution is -2.49. The van der Waals surface area contributed by atoms with Crippen molar-refractivity contribution in [3.05, 3.63) is 53.6 Å². The summed E-state index contributed by atoms with van der Waals surface area (Å²) < 4.78 is 5.34. The number of nitrogens with zero attached hydrogens (tertiary/aromatic N) is 1. The van der Waals surface area contributed by atoms with Crippen LogP contribution in [0.5, 0.6) is 0 Å². The first-order valence-electron chi connectivity index (χ1n) is 16.2. The van der Waals surface area contributed by atoms with Gasteiger partial charge in [0.05, 0.1) is 12.3 Å². The van der Waals surface area contributed by atoms with Crippen LogP contribution in [0.4, 0.5) is 4.79 Å². The van der Waals surface area contributed by atoms with Crippen LogP contribution in [0.1, 0.15) is 110 Å². The van der Waals surface area contributed by atoms with Crippen LogP contribution in [0.2, 0.25) is 0 Å². The van der Waals surface area contributed by atoms with E-state index in [0.29, 0.717) is 12.0 Å². The Bertz CT molecular complexity index is 1160. The summed E-state index contributed by atoms with van der Waals surface area (Å²) in [5.74, 6) is 3.92. The van der Waals surface area contributed by atoms with Gasteiger partial charge in [-0.05, 0) is 115 Å². The molecule has 0 bridgehead atoms. The Morgan fingerprint density at radius 2 is 1.75 bits per heavy atom. The number of benzene rings is 1. The van der Waals surface area contributed by atoms with Crippen LogP contribution in [0, 0.1) is 40.4 Å². The van der Waals surface area contributed by atoms with Crippen molar-refractivity contribution in [2.75, 3.05) is 6.61 Å². The number of oxime groups is 1. The minimum atomic E-state index is -0.658. The molecule has 4 heteroatoms. The molecule has 1 aromatic rings. The maximum Gasteiger partial charge on any atom is 0.535 e. The topological polar surface area (TPSA) is 47.9 Å². The molecule has 3 saturated carbocycles. The zero-order valence-electron chi connectivity index (χ0n) is 25.0. The molecule has 3 fully saturated rings. The van der Waals surface area contributed by atoms with Gasteiger partial charge in [0.2, 0.25) is 0 Å². The summed E-state index contributed by atoms with van der Waals surface area (Å²) in [6.45, 7) is 7.84. The average molecular weight is 544 g/mol. The Kier molecular flexibility index (Phi) is 7.98. The number of hydrogen-bond donors (Lipinski definition) is 0. The highest BCUT2D eigenvalue weighted by Crippen LogP contribution is 2.66. The Balaban J connectivity index is 1.03. The molecule has 0 spiro atoms. The van der Waals surface area contributed by atoms with Gasteiger partial charge in [0.1, 0.15) is 0 Å². The van der Waals surface area contributed by atoms with E-state index in [1.54, 1.807) is 5.57 Å². The highest BCUT2D eigenvalue weighted by molar-refractivity contribution is 5.96. The summed E-state index contributed by atoms with van der Waals surface area (Å²) in [4.78, 5) is 17.4. The van der Waals surface area contributed by atoms with Crippen LogP contribution in [0.25, 0.3) is 5.57 Å². The Morgan fingerprint density at radius 1 is 0.950 bits per heavy atom. The molecule has 0 saturated heterocycles. The molecule has 0 radical (unpaired) electrons. The first kappa shape index (κ1) is 27.8. The van der Waals surface area contributed by atoms with Gasteiger partial charge in [-0.2, -0.15) is 0 Å². The fourth-order valence-electron chi connectivity index (χ4n) is 9.54. The van der Waals surface area contributed by atoms with Crippen molar-refractivity contribution in [3.8, 4) is 0 Å². The second-order valence-corrected chi connectivity index (χ2v) is 14.2. The number of fused-ring (bicyclic) bond motifs is 5. The molecule has 4 nitrogen and oxygen atoms in total. The molecule has 0 amide bonds. The van der Waals surface area contributed by atoms with E-state index in [1.165, 1.54) is 62.5 Å². The van der Waals surface area contributed by atoms with Crippen molar-refractivity contribution in [2.45, 2.75) is 104 Å². The molecule has 40 heavy (non-hydrogen) atoms. The number of hydrogen-bond acceptors (Lipinski definition) is 4. The summed E-state index contributed by atoms with van der Waals surface area (Å²) >= 11 is 0. The second kappa shape index (κ2) is 11.5. The summed E-state index contributed by atoms with van der Waals surface area (Å²) in [6.07, 6.45) is 19.7. The maximum atomic E-state index is 12.2. The molecule has 5 atom stereocenters. The molecule has 216 valence electrons. The number of carbonyl (C=O) groups is 1. The number of rotatable bonds is 6. The van der Waals surface area contributed by atoms with Crippen LogP contribution < -0.4 is 0 Å². The zero-order valence-corrected chi connectivity index (χ0v) is 25.0. The molecule has 0 heterocycles. The molecule has 1 aromatic carbocycles. The Hall–Kier alpha value is -2.36. The fourth-order valence-corrected chi connectivity index (χ4v) is 9.54. The van der Waals surface area contributed by atoms with Crippen molar-refractivity contribution in [1.82, 2.24) is 0 Å². The third-order valence-electron chi connectivity index (χ3n) is 12.0. The largest absolute Gasteiger partial charge is 0.535 e. The van der Waals surface area contributed by atoms with E-state index >= 15 is 0 Å². The fraction of sp³-hybridized carbons (Fsp3) is 0.667. The quantitative estimate of drug-likeness (QED) is 0.155. The van der Waals surface area contributed by atoms with Crippen LogP contribution in [0.3, 0.4) is 0 Å². The highest BCUT2D eigenvalue weighted by Gasteiger charge is 2.57. The molecule has 5 aliphatic rings. The first-order chi connectivity index (χ1) is 19.4. The van der Waals surface area contributed by atoms with E-state index in [2.05, 4.69) is 68.4 Å². The highest BCUT2D eigenvalue weighted by atomic mass is 16.8. The van der Waals surface area contributed by atoms with Crippen molar-refractivity contribution in [3.63, 3.8) is 0 Å². The number of allylic oxidation sites excluding steroid dienone is 4. The van der Waals surface area contributed by atoms with Crippen molar-refractivity contribution < 1.29 is 14.4 Å². The van der Waals surface area contributed by atoms with Gasteiger partial charge in [-0.1, -0.05) is 93.6 Å². The predicted octanol–water partition coefficient (Wildman–Crippen LogP) is 9.76. The lowest BCUT2D eigenvalue weighted by molar-refractivity contribution is -0.0191. The third kappa shape index (κ3) is 5.32. The number of carbonyl (C=O) groups excluding carboxylic acids is 1. The smallest absolute Gasteiger partial charge is 0.433 e. The molecular weight excluding hydrogens is 494 g/mol. The van der Waals surface area contributed by atoms with Gasteiger partial charge in [-0.25, -0.2) is 4.79 Å². The lowest BCUT2D eigenvalue weighted by atomic mass is 9.46. The molecule has 0 N–H and O–H groups in total. The minimum absolute atomic E-state index is 0.232. The SMILES string of the molecule is CC1CCC(CCCOC(=O)O/N=C2/C=C3CC[C@@H]4C(CC[C@]5(C)C(c6ccccc6)=CC[C@H]45)[C@@]3(C)CC2)CC1. The van der Waals surface area contributed by atoms with E-state index in [1.807, 2.05) is 0 Å². The Morgan fingerprint density at radius 3 is 2.55 bits per heavy atom. The summed E-state index contributed by atoms with van der Waals surface area (Å²) in [6, 6.07) is 11.1. The first-order valence-corrected chi connectivity index (χ1v) is 16.2. The standard InChI is InChI=1S/C36H49NO3/c1-25-11-13-26(14-12-25)8-7-23-39-34(38)40-37-29-19-21-35(2)28(24-29)15-16-30-32-18-17-31(27-9-5-4-6-10-27)36(32,3)22-20-33(30)35/h4-6,9-10,17,24-26,30,32-33H,7-8,11-16,18-23H2,1-3H3/b37-29+/t25?,26?,30-,32+,33?,35-,36+/m0/s1. The lowest BCUT2D eigenvalue weighted by Gasteiger charge is -2.58. The van der Waals surface area contributed by atoms with Gasteiger partial charge in [-0.3, -0.25) is 4.84 Å². The van der Waals surface area contributed by atoms with Gasteiger partial charge in [0, 0.05) is 0 Å². The molecule has 0 aromatic heterocycles. The van der Waals surface area contributed by atoms with Gasteiger partial charge >= 0.3 is 6.16 Å². The molecule has 0 aliphatic heterocycles. The van der Waals surface area contributed by atoms with Crippen LogP contribution >= 0.6 is 0 Å². The summed E-state index contributed by atoms with van der Waals surface area (Å²) in [5, 5.41) is 4.25. The van der Waals surface area contributed by atoms with Crippen LogP contribution in [-0.4, -0.2) is 18.5 Å². The Labute approximate surface area is 241 Å². The second-order valence-electron chi connectivity index (χ2n) is 14.2. The van der Waals surface area contributed by atoms with Crippen LogP contribution in [-0.2, 0) is 9.57 Å². The molecule has 1 unspecified atom stereocenters. The normalized spacial score (nSPS) is 38.0. The van der Waals surface area contributed by atoms with Gasteiger partial charge in [0.15, 0.2) is 0 Å². The van der Waals surface area contributed by atoms with Crippen LogP contribution in [0.15, 0.2) is 53.2 Å². The third-order valence-corrected chi connectivity index (χ3v) is 12.0. The van der Waals surface area contributed by atoms with E-state index in [0.717, 1.165) is 67.4 Å². The van der Waals surface area contributed by atoms with Crippen molar-refractivity contribution in [1.29, 1.82) is 0 Å². The minimum Gasteiger partial charge on any atom is -0.433 e. The van der Waals surface area contributed by atoms with Gasteiger partial charge in [0.25, 0.3) is 0 Å². The van der Waals surface area contributed by atoms with Crippen molar-refractivity contribution >= 4 is 17.4 Å². The summed E-state index contributed by atoms with van der Waals surface area (Å²) in [5.41, 5.74) is 5.96. The zero-order chi connectivity index (χ0) is 27.7. The monoisotopic (exact) mass is 543 g/mol.